The molecule has 134 valence electrons. The van der Waals surface area contributed by atoms with Crippen molar-refractivity contribution in [3.8, 4) is 5.75 Å². The van der Waals surface area contributed by atoms with Crippen LogP contribution in [-0.4, -0.2) is 33.7 Å². The highest BCUT2D eigenvalue weighted by Gasteiger charge is 2.54. The van der Waals surface area contributed by atoms with Gasteiger partial charge in [0.15, 0.2) is 5.79 Å². The summed E-state index contributed by atoms with van der Waals surface area (Å²) in [4.78, 5) is -0.812. The normalized spacial score (nSPS) is 19.7. The van der Waals surface area contributed by atoms with Gasteiger partial charge in [0.25, 0.3) is 9.84 Å². The van der Waals surface area contributed by atoms with Crippen LogP contribution in [0.5, 0.6) is 5.75 Å². The first-order valence-corrected chi connectivity index (χ1v) is 9.09. The molecule has 5 nitrogen and oxygen atoms in total. The van der Waals surface area contributed by atoms with E-state index < -0.39 is 26.0 Å². The molecule has 0 aromatic heterocycles. The molecule has 0 unspecified atom stereocenters. The van der Waals surface area contributed by atoms with E-state index in [-0.39, 0.29) is 25.2 Å². The van der Waals surface area contributed by atoms with Crippen LogP contribution in [0.4, 0.5) is 13.2 Å². The molecule has 1 aromatic carbocycles. The SMILES string of the molecule is CCCOc1ccc(S(=O)(=O)C(F)(F)F)c2c1CCC21OCCO1. The Kier molecular flexibility index (Phi) is 4.29. The molecule has 24 heavy (non-hydrogen) atoms. The first-order chi connectivity index (χ1) is 11.2. The van der Waals surface area contributed by atoms with Crippen LogP contribution in [0.2, 0.25) is 0 Å². The molecule has 1 aliphatic carbocycles. The van der Waals surface area contributed by atoms with Crippen molar-refractivity contribution in [2.24, 2.45) is 0 Å². The minimum Gasteiger partial charge on any atom is -0.493 e. The number of ether oxygens (including phenoxy) is 3. The maximum absolute atomic E-state index is 13.1. The van der Waals surface area contributed by atoms with Crippen LogP contribution in [0.1, 0.15) is 30.9 Å². The molecular formula is C15H17F3O5S. The Morgan fingerprint density at radius 1 is 1.25 bits per heavy atom. The van der Waals surface area contributed by atoms with E-state index in [9.17, 15) is 21.6 Å². The Labute approximate surface area is 137 Å². The molecule has 1 aromatic rings. The lowest BCUT2D eigenvalue weighted by atomic mass is 10.1. The maximum Gasteiger partial charge on any atom is 0.501 e. The second-order valence-corrected chi connectivity index (χ2v) is 7.57. The van der Waals surface area contributed by atoms with Crippen molar-refractivity contribution in [1.29, 1.82) is 0 Å². The zero-order valence-corrected chi connectivity index (χ0v) is 13.8. The molecule has 0 N–H and O–H groups in total. The number of fused-ring (bicyclic) bond motifs is 2. The van der Waals surface area contributed by atoms with Gasteiger partial charge < -0.3 is 14.2 Å². The van der Waals surface area contributed by atoms with Crippen LogP contribution in [0.3, 0.4) is 0 Å². The Morgan fingerprint density at radius 3 is 2.50 bits per heavy atom. The molecule has 0 radical (unpaired) electrons. The number of hydrogen-bond donors (Lipinski definition) is 0. The van der Waals surface area contributed by atoms with Crippen molar-refractivity contribution in [3.63, 3.8) is 0 Å². The summed E-state index contributed by atoms with van der Waals surface area (Å²) in [6.45, 7) is 2.68. The maximum atomic E-state index is 13.1. The van der Waals surface area contributed by atoms with Crippen LogP contribution in [-0.2, 0) is 31.5 Å². The first-order valence-electron chi connectivity index (χ1n) is 7.61. The molecule has 1 heterocycles. The summed E-state index contributed by atoms with van der Waals surface area (Å²) in [6, 6.07) is 2.21. The third-order valence-electron chi connectivity index (χ3n) is 4.13. The van der Waals surface area contributed by atoms with Crippen LogP contribution in [0, 0.1) is 0 Å². The molecule has 1 saturated heterocycles. The van der Waals surface area contributed by atoms with Gasteiger partial charge in [0.1, 0.15) is 5.75 Å². The van der Waals surface area contributed by atoms with E-state index in [4.69, 9.17) is 14.2 Å². The second-order valence-electron chi connectivity index (χ2n) is 5.66. The van der Waals surface area contributed by atoms with E-state index in [2.05, 4.69) is 0 Å². The van der Waals surface area contributed by atoms with E-state index >= 15 is 0 Å². The summed E-state index contributed by atoms with van der Waals surface area (Å²) >= 11 is 0. The fourth-order valence-electron chi connectivity index (χ4n) is 3.13. The molecular weight excluding hydrogens is 349 g/mol. The van der Waals surface area contributed by atoms with Gasteiger partial charge in [-0.3, -0.25) is 0 Å². The molecule has 1 aliphatic heterocycles. The third-order valence-corrected chi connectivity index (χ3v) is 5.66. The van der Waals surface area contributed by atoms with E-state index in [0.29, 0.717) is 24.3 Å². The molecule has 3 rings (SSSR count). The number of hydrogen-bond acceptors (Lipinski definition) is 5. The average Bonchev–Trinajstić information content (AvgIpc) is 3.13. The fraction of sp³-hybridized carbons (Fsp3) is 0.600. The summed E-state index contributed by atoms with van der Waals surface area (Å²) in [5, 5.41) is 0. The molecule has 0 amide bonds. The number of halogens is 3. The van der Waals surface area contributed by atoms with E-state index in [1.165, 1.54) is 6.07 Å². The van der Waals surface area contributed by atoms with Crippen LogP contribution in [0.15, 0.2) is 17.0 Å². The smallest absolute Gasteiger partial charge is 0.493 e. The van der Waals surface area contributed by atoms with Crippen molar-refractivity contribution >= 4 is 9.84 Å². The lowest BCUT2D eigenvalue weighted by Crippen LogP contribution is -2.30. The number of sulfone groups is 1. The quantitative estimate of drug-likeness (QED) is 0.820. The van der Waals surface area contributed by atoms with Gasteiger partial charge in [0.05, 0.1) is 24.7 Å². The zero-order chi connectivity index (χ0) is 17.6. The summed E-state index contributed by atoms with van der Waals surface area (Å²) in [7, 11) is -5.52. The highest BCUT2D eigenvalue weighted by Crippen LogP contribution is 2.50. The summed E-state index contributed by atoms with van der Waals surface area (Å²) in [5.74, 6) is -1.06. The topological polar surface area (TPSA) is 61.8 Å². The third kappa shape index (κ3) is 2.58. The van der Waals surface area contributed by atoms with Crippen molar-refractivity contribution in [1.82, 2.24) is 0 Å². The van der Waals surface area contributed by atoms with E-state index in [1.54, 1.807) is 0 Å². The Morgan fingerprint density at radius 2 is 1.92 bits per heavy atom. The molecule has 1 spiro atoms. The molecule has 9 heteroatoms. The molecule has 0 saturated carbocycles. The summed E-state index contributed by atoms with van der Waals surface area (Å²) < 4.78 is 79.8. The summed E-state index contributed by atoms with van der Waals surface area (Å²) in [5.41, 5.74) is -5.05. The van der Waals surface area contributed by atoms with Gasteiger partial charge in [0.2, 0.25) is 0 Å². The van der Waals surface area contributed by atoms with E-state index in [1.807, 2.05) is 6.92 Å². The molecule has 1 fully saturated rings. The van der Waals surface area contributed by atoms with Gasteiger partial charge in [0, 0.05) is 17.5 Å². The second kappa shape index (κ2) is 5.89. The van der Waals surface area contributed by atoms with Gasteiger partial charge in [-0.25, -0.2) is 8.42 Å². The van der Waals surface area contributed by atoms with Crippen LogP contribution in [0.25, 0.3) is 0 Å². The number of benzene rings is 1. The monoisotopic (exact) mass is 366 g/mol. The molecule has 0 atom stereocenters. The first kappa shape index (κ1) is 17.5. The Hall–Kier alpha value is -1.32. The number of alkyl halides is 3. The van der Waals surface area contributed by atoms with Gasteiger partial charge in [-0.1, -0.05) is 6.92 Å². The standard InChI is InChI=1S/C15H17F3O5S/c1-2-7-21-11-3-4-12(24(19,20)15(16,17)18)13-10(11)5-6-14(13)22-8-9-23-14/h3-4H,2,5-9H2,1H3. The van der Waals surface area contributed by atoms with Crippen LogP contribution < -0.4 is 4.74 Å². The van der Waals surface area contributed by atoms with Gasteiger partial charge in [-0.2, -0.15) is 13.2 Å². The molecule has 2 aliphatic rings. The summed E-state index contributed by atoms with van der Waals surface area (Å²) in [6.07, 6.45) is 1.31. The predicted molar refractivity (Wildman–Crippen MR) is 77.4 cm³/mol. The highest BCUT2D eigenvalue weighted by molar-refractivity contribution is 7.92. The van der Waals surface area contributed by atoms with Crippen LogP contribution >= 0.6 is 0 Å². The van der Waals surface area contributed by atoms with E-state index in [0.717, 1.165) is 12.5 Å². The van der Waals surface area contributed by atoms with Gasteiger partial charge in [-0.15, -0.1) is 0 Å². The van der Waals surface area contributed by atoms with Gasteiger partial charge in [-0.05, 0) is 25.0 Å². The highest BCUT2D eigenvalue weighted by atomic mass is 32.2. The lowest BCUT2D eigenvalue weighted by molar-refractivity contribution is -0.164. The minimum atomic E-state index is -5.52. The van der Waals surface area contributed by atoms with Crippen molar-refractivity contribution < 1.29 is 35.8 Å². The fourth-order valence-corrected chi connectivity index (χ4v) is 4.17. The largest absolute Gasteiger partial charge is 0.501 e. The molecule has 0 bridgehead atoms. The van der Waals surface area contributed by atoms with Crippen molar-refractivity contribution in [2.75, 3.05) is 19.8 Å². The lowest BCUT2D eigenvalue weighted by Gasteiger charge is -2.26. The minimum absolute atomic E-state index is 0.0640. The average molecular weight is 366 g/mol. The zero-order valence-electron chi connectivity index (χ0n) is 13.0. The number of rotatable bonds is 4. The van der Waals surface area contributed by atoms with Crippen molar-refractivity contribution in [3.05, 3.63) is 23.3 Å². The van der Waals surface area contributed by atoms with Gasteiger partial charge >= 0.3 is 5.51 Å². The predicted octanol–water partition coefficient (Wildman–Crippen LogP) is 2.91. The Balaban J connectivity index is 2.20. The van der Waals surface area contributed by atoms with Crippen molar-refractivity contribution in [2.45, 2.75) is 42.4 Å². The Bertz CT molecular complexity index is 736.